The molecule has 0 aliphatic carbocycles. The largest absolute Gasteiger partial charge is 0.481 e. The van der Waals surface area contributed by atoms with Gasteiger partial charge < -0.3 is 5.11 Å². The topological polar surface area (TPSA) is 59.3 Å². The van der Waals surface area contributed by atoms with Gasteiger partial charge in [0.15, 0.2) is 0 Å². The average Bonchev–Trinajstić information content (AvgIpc) is 2.16. The van der Waals surface area contributed by atoms with Gasteiger partial charge in [-0.05, 0) is 12.5 Å². The summed E-state index contributed by atoms with van der Waals surface area (Å²) in [6.07, 6.45) is 0.867. The molecule has 1 heterocycles. The van der Waals surface area contributed by atoms with Gasteiger partial charge in [0.1, 0.15) is 0 Å². The first-order valence-electron chi connectivity index (χ1n) is 4.16. The molecular formula is C9H9F2NO3. The van der Waals surface area contributed by atoms with Gasteiger partial charge >= 0.3 is 12.5 Å². The quantitative estimate of drug-likeness (QED) is 0.833. The maximum Gasteiger partial charge on any atom is 0.321 e. The van der Waals surface area contributed by atoms with E-state index in [-0.39, 0.29) is 10.1 Å². The Hall–Kier alpha value is -1.72. The number of carbonyl (C=O) groups is 1. The van der Waals surface area contributed by atoms with Crippen molar-refractivity contribution < 1.29 is 18.7 Å². The first kappa shape index (κ1) is 11.4. The van der Waals surface area contributed by atoms with E-state index in [1.54, 1.807) is 0 Å². The Morgan fingerprint density at radius 1 is 1.47 bits per heavy atom. The number of pyridine rings is 1. The molecule has 1 atom stereocenters. The van der Waals surface area contributed by atoms with Crippen molar-refractivity contribution in [3.8, 4) is 0 Å². The average molecular weight is 217 g/mol. The number of rotatable bonds is 3. The maximum absolute atomic E-state index is 12.3. The third-order valence-electron chi connectivity index (χ3n) is 2.04. The number of hydrogen-bond acceptors (Lipinski definition) is 2. The molecule has 0 aromatic carbocycles. The van der Waals surface area contributed by atoms with Gasteiger partial charge in [-0.3, -0.25) is 14.2 Å². The summed E-state index contributed by atoms with van der Waals surface area (Å²) in [7, 11) is 0. The second kappa shape index (κ2) is 4.20. The second-order valence-corrected chi connectivity index (χ2v) is 3.05. The summed E-state index contributed by atoms with van der Waals surface area (Å²) in [5.41, 5.74) is -0.686. The van der Waals surface area contributed by atoms with Crippen LogP contribution in [0.4, 0.5) is 8.78 Å². The van der Waals surface area contributed by atoms with Crippen molar-refractivity contribution in [1.82, 2.24) is 4.57 Å². The lowest BCUT2D eigenvalue weighted by molar-refractivity contribution is -0.138. The Morgan fingerprint density at radius 2 is 2.07 bits per heavy atom. The van der Waals surface area contributed by atoms with Crippen LogP contribution in [0.5, 0.6) is 0 Å². The summed E-state index contributed by atoms with van der Waals surface area (Å²) in [5.74, 6) is -2.05. The van der Waals surface area contributed by atoms with Gasteiger partial charge in [-0.1, -0.05) is 6.07 Å². The van der Waals surface area contributed by atoms with E-state index in [2.05, 4.69) is 0 Å². The zero-order valence-electron chi connectivity index (χ0n) is 7.85. The Bertz CT molecular complexity index is 428. The summed E-state index contributed by atoms with van der Waals surface area (Å²) in [6.45, 7) is -1.60. The Morgan fingerprint density at radius 3 is 2.53 bits per heavy atom. The minimum Gasteiger partial charge on any atom is -0.481 e. The number of aromatic nitrogens is 1. The van der Waals surface area contributed by atoms with Crippen LogP contribution in [0.15, 0.2) is 23.1 Å². The molecule has 0 radical (unpaired) electrons. The van der Waals surface area contributed by atoms with Crippen LogP contribution in [0.2, 0.25) is 0 Å². The Balaban J connectivity index is 3.19. The van der Waals surface area contributed by atoms with E-state index in [9.17, 15) is 18.4 Å². The number of alkyl halides is 2. The Kier molecular flexibility index (Phi) is 3.18. The number of halogens is 2. The van der Waals surface area contributed by atoms with Crippen molar-refractivity contribution in [2.24, 2.45) is 0 Å². The first-order chi connectivity index (χ1) is 6.93. The highest BCUT2D eigenvalue weighted by Gasteiger charge is 2.16. The molecule has 1 aromatic heterocycles. The fraction of sp³-hybridized carbons (Fsp3) is 0.333. The molecule has 0 fully saturated rings. The minimum atomic E-state index is -2.96. The molecule has 0 spiro atoms. The standard InChI is InChI=1S/C9H9F2NO3/c1-5(8(14)15)6-2-3-7(13)12(4-6)9(10)11/h2-5,9H,1H3,(H,14,15). The highest BCUT2D eigenvalue weighted by Crippen LogP contribution is 2.15. The van der Waals surface area contributed by atoms with Crippen molar-refractivity contribution in [1.29, 1.82) is 0 Å². The van der Waals surface area contributed by atoms with Crippen LogP contribution in [-0.2, 0) is 4.79 Å². The molecule has 0 amide bonds. The van der Waals surface area contributed by atoms with E-state index in [0.717, 1.165) is 12.3 Å². The van der Waals surface area contributed by atoms with Crippen LogP contribution in [0, 0.1) is 0 Å². The van der Waals surface area contributed by atoms with E-state index in [1.165, 1.54) is 13.0 Å². The predicted molar refractivity (Wildman–Crippen MR) is 48.0 cm³/mol. The number of nitrogens with zero attached hydrogens (tertiary/aromatic N) is 1. The van der Waals surface area contributed by atoms with Crippen LogP contribution < -0.4 is 5.56 Å². The fourth-order valence-electron chi connectivity index (χ4n) is 1.07. The lowest BCUT2D eigenvalue weighted by Gasteiger charge is -2.09. The van der Waals surface area contributed by atoms with Crippen molar-refractivity contribution >= 4 is 5.97 Å². The van der Waals surface area contributed by atoms with Gasteiger partial charge in [-0.25, -0.2) is 0 Å². The molecule has 0 saturated heterocycles. The molecule has 1 unspecified atom stereocenters. The van der Waals surface area contributed by atoms with E-state index < -0.39 is 24.0 Å². The molecule has 4 nitrogen and oxygen atoms in total. The zero-order chi connectivity index (χ0) is 11.6. The van der Waals surface area contributed by atoms with Gasteiger partial charge in [0.25, 0.3) is 5.56 Å². The second-order valence-electron chi connectivity index (χ2n) is 3.05. The molecule has 15 heavy (non-hydrogen) atoms. The molecule has 1 rings (SSSR count). The minimum absolute atomic E-state index is 0.169. The predicted octanol–water partition coefficient (Wildman–Crippen LogP) is 1.43. The van der Waals surface area contributed by atoms with Crippen LogP contribution >= 0.6 is 0 Å². The third-order valence-corrected chi connectivity index (χ3v) is 2.04. The van der Waals surface area contributed by atoms with Crippen molar-refractivity contribution in [2.45, 2.75) is 19.4 Å². The van der Waals surface area contributed by atoms with Gasteiger partial charge in [0, 0.05) is 12.3 Å². The van der Waals surface area contributed by atoms with Gasteiger partial charge in [0.05, 0.1) is 5.92 Å². The molecular weight excluding hydrogens is 208 g/mol. The van der Waals surface area contributed by atoms with Gasteiger partial charge in [-0.2, -0.15) is 8.78 Å². The smallest absolute Gasteiger partial charge is 0.321 e. The summed E-state index contributed by atoms with van der Waals surface area (Å²) < 4.78 is 24.8. The summed E-state index contributed by atoms with van der Waals surface area (Å²) in [4.78, 5) is 21.5. The van der Waals surface area contributed by atoms with E-state index in [1.807, 2.05) is 0 Å². The lowest BCUT2D eigenvalue weighted by atomic mass is 10.0. The summed E-state index contributed by atoms with van der Waals surface area (Å²) in [5, 5.41) is 8.66. The first-order valence-corrected chi connectivity index (χ1v) is 4.16. The van der Waals surface area contributed by atoms with Crippen LogP contribution in [0.1, 0.15) is 25.0 Å². The van der Waals surface area contributed by atoms with E-state index in [0.29, 0.717) is 0 Å². The third kappa shape index (κ3) is 2.39. The molecule has 6 heteroatoms. The number of carboxylic acids is 1. The monoisotopic (exact) mass is 217 g/mol. The highest BCUT2D eigenvalue weighted by molar-refractivity contribution is 5.75. The molecule has 1 N–H and O–H groups in total. The molecule has 0 aliphatic heterocycles. The molecule has 0 bridgehead atoms. The van der Waals surface area contributed by atoms with Crippen LogP contribution in [-0.4, -0.2) is 15.6 Å². The lowest BCUT2D eigenvalue weighted by Crippen LogP contribution is -2.21. The maximum atomic E-state index is 12.3. The molecule has 1 aromatic rings. The summed E-state index contributed by atoms with van der Waals surface area (Å²) >= 11 is 0. The van der Waals surface area contributed by atoms with Gasteiger partial charge in [-0.15, -0.1) is 0 Å². The van der Waals surface area contributed by atoms with Crippen LogP contribution in [0.25, 0.3) is 0 Å². The Labute approximate surface area is 83.8 Å². The number of aliphatic carboxylic acids is 1. The number of carboxylic acid groups (broad SMARTS) is 1. The van der Waals surface area contributed by atoms with Crippen LogP contribution in [0.3, 0.4) is 0 Å². The summed E-state index contributed by atoms with van der Waals surface area (Å²) in [6, 6.07) is 2.17. The normalized spacial score (nSPS) is 12.8. The van der Waals surface area contributed by atoms with E-state index in [4.69, 9.17) is 5.11 Å². The van der Waals surface area contributed by atoms with Gasteiger partial charge in [0.2, 0.25) is 0 Å². The molecule has 82 valence electrons. The molecule has 0 saturated carbocycles. The SMILES string of the molecule is CC(C(=O)O)c1ccc(=O)n(C(F)F)c1. The van der Waals surface area contributed by atoms with Crippen molar-refractivity contribution in [3.05, 3.63) is 34.2 Å². The fourth-order valence-corrected chi connectivity index (χ4v) is 1.07. The number of hydrogen-bond donors (Lipinski definition) is 1. The van der Waals surface area contributed by atoms with Crippen molar-refractivity contribution in [3.63, 3.8) is 0 Å². The molecule has 0 aliphatic rings. The van der Waals surface area contributed by atoms with E-state index >= 15 is 0 Å². The highest BCUT2D eigenvalue weighted by atomic mass is 19.3. The zero-order valence-corrected chi connectivity index (χ0v) is 7.85. The van der Waals surface area contributed by atoms with Crippen molar-refractivity contribution in [2.75, 3.05) is 0 Å².